The number of carbonyl (C=O) groups excluding carboxylic acids is 2. The lowest BCUT2D eigenvalue weighted by molar-refractivity contribution is -0.137. The van der Waals surface area contributed by atoms with Crippen LogP contribution in [-0.4, -0.2) is 22.9 Å². The van der Waals surface area contributed by atoms with Gasteiger partial charge in [-0.25, -0.2) is 0 Å². The molecule has 9 heteroatoms. The lowest BCUT2D eigenvalue weighted by atomic mass is 10.1. The number of thioether (sulfide) groups is 1. The second kappa shape index (κ2) is 8.05. The quantitative estimate of drug-likeness (QED) is 0.693. The Hall–Kier alpha value is -2.19. The third-order valence-electron chi connectivity index (χ3n) is 4.14. The van der Waals surface area contributed by atoms with Crippen LogP contribution in [0.15, 0.2) is 48.5 Å². The molecular weight excluding hydrogens is 413 g/mol. The third-order valence-corrected chi connectivity index (χ3v) is 5.55. The Morgan fingerprint density at radius 3 is 2.54 bits per heavy atom. The number of halogens is 4. The molecule has 1 aliphatic rings. The highest BCUT2D eigenvalue weighted by Gasteiger charge is 2.35. The Balaban J connectivity index is 1.87. The second-order valence-electron chi connectivity index (χ2n) is 6.20. The summed E-state index contributed by atoms with van der Waals surface area (Å²) < 4.78 is 38.4. The molecule has 0 saturated carbocycles. The summed E-state index contributed by atoms with van der Waals surface area (Å²) in [5, 5.41) is 1.58. The van der Waals surface area contributed by atoms with Gasteiger partial charge in [0.25, 0.3) is 0 Å². The predicted molar refractivity (Wildman–Crippen MR) is 105 cm³/mol. The van der Waals surface area contributed by atoms with Crippen molar-refractivity contribution >= 4 is 46.6 Å². The minimum Gasteiger partial charge on any atom is -0.325 e. The van der Waals surface area contributed by atoms with Gasteiger partial charge in [0.15, 0.2) is 0 Å². The summed E-state index contributed by atoms with van der Waals surface area (Å²) in [4.78, 5) is 25.6. The Labute approximate surface area is 169 Å². The number of carbonyl (C=O) groups is 2. The zero-order valence-electron chi connectivity index (χ0n) is 14.7. The normalized spacial score (nSPS) is 18.2. The van der Waals surface area contributed by atoms with Crippen LogP contribution in [0.4, 0.5) is 24.5 Å². The van der Waals surface area contributed by atoms with E-state index in [4.69, 9.17) is 11.6 Å². The molecular formula is C19H16ClF3N2O2S. The number of hydrogen-bond donors (Lipinski definition) is 1. The Morgan fingerprint density at radius 2 is 1.93 bits per heavy atom. The van der Waals surface area contributed by atoms with E-state index in [9.17, 15) is 22.8 Å². The lowest BCUT2D eigenvalue weighted by Gasteiger charge is -2.25. The van der Waals surface area contributed by atoms with Gasteiger partial charge in [0.05, 0.1) is 11.3 Å². The molecule has 28 heavy (non-hydrogen) atoms. The zero-order valence-corrected chi connectivity index (χ0v) is 16.2. The first-order chi connectivity index (χ1) is 13.2. The maximum absolute atomic E-state index is 12.8. The van der Waals surface area contributed by atoms with Crippen LogP contribution in [0.1, 0.15) is 23.4 Å². The second-order valence-corrected chi connectivity index (χ2v) is 7.93. The summed E-state index contributed by atoms with van der Waals surface area (Å²) in [5.41, 5.74) is 0.891. The van der Waals surface area contributed by atoms with Crippen LogP contribution in [0.3, 0.4) is 0 Å². The molecule has 1 saturated heterocycles. The van der Waals surface area contributed by atoms with Crippen molar-refractivity contribution in [2.45, 2.75) is 23.9 Å². The number of amides is 2. The first kappa shape index (κ1) is 20.5. The first-order valence-electron chi connectivity index (χ1n) is 8.32. The fourth-order valence-corrected chi connectivity index (χ4v) is 3.99. The fraction of sp³-hybridized carbons (Fsp3) is 0.263. The van der Waals surface area contributed by atoms with Gasteiger partial charge in [0.2, 0.25) is 11.8 Å². The molecule has 3 rings (SSSR count). The number of benzene rings is 2. The van der Waals surface area contributed by atoms with E-state index in [2.05, 4.69) is 5.32 Å². The number of rotatable bonds is 4. The van der Waals surface area contributed by atoms with E-state index >= 15 is 0 Å². The topological polar surface area (TPSA) is 49.4 Å². The summed E-state index contributed by atoms with van der Waals surface area (Å²) in [6.45, 7) is 1.55. The fourth-order valence-electron chi connectivity index (χ4n) is 2.77. The molecule has 1 fully saturated rings. The molecule has 0 aromatic heterocycles. The molecule has 4 nitrogen and oxygen atoms in total. The van der Waals surface area contributed by atoms with Crippen molar-refractivity contribution in [1.29, 1.82) is 0 Å². The monoisotopic (exact) mass is 428 g/mol. The number of anilines is 2. The molecule has 0 spiro atoms. The van der Waals surface area contributed by atoms with Crippen LogP contribution in [0.25, 0.3) is 0 Å². The van der Waals surface area contributed by atoms with Crippen molar-refractivity contribution in [2.75, 3.05) is 16.0 Å². The average molecular weight is 429 g/mol. The van der Waals surface area contributed by atoms with Crippen molar-refractivity contribution in [1.82, 2.24) is 0 Å². The van der Waals surface area contributed by atoms with Crippen LogP contribution in [0.5, 0.6) is 0 Å². The zero-order chi connectivity index (χ0) is 20.5. The highest BCUT2D eigenvalue weighted by atomic mass is 35.5. The molecule has 0 bridgehead atoms. The average Bonchev–Trinajstić information content (AvgIpc) is 3.03. The van der Waals surface area contributed by atoms with Crippen molar-refractivity contribution in [3.63, 3.8) is 0 Å². The van der Waals surface area contributed by atoms with Crippen LogP contribution in [0, 0.1) is 0 Å². The van der Waals surface area contributed by atoms with E-state index in [1.165, 1.54) is 28.8 Å². The van der Waals surface area contributed by atoms with Gasteiger partial charge in [-0.05, 0) is 48.9 Å². The van der Waals surface area contributed by atoms with Crippen molar-refractivity contribution in [3.05, 3.63) is 59.7 Å². The van der Waals surface area contributed by atoms with Crippen molar-refractivity contribution < 1.29 is 22.8 Å². The van der Waals surface area contributed by atoms with E-state index in [1.54, 1.807) is 31.2 Å². The summed E-state index contributed by atoms with van der Waals surface area (Å²) >= 11 is 7.13. The standard InChI is InChI=1S/C19H16ClF3N2O2S/c1-11(20)17(27)24-14-4-2-3-12(9-14)18-25(16(26)10-28-18)15-7-5-13(6-8-15)19(21,22)23/h2-9,11,18H,10H2,1H3,(H,24,27)/t11-,18+/m0/s1. The number of hydrogen-bond acceptors (Lipinski definition) is 3. The molecule has 0 radical (unpaired) electrons. The molecule has 2 amide bonds. The number of alkyl halides is 4. The molecule has 0 unspecified atom stereocenters. The summed E-state index contributed by atoms with van der Waals surface area (Å²) in [7, 11) is 0. The lowest BCUT2D eigenvalue weighted by Crippen LogP contribution is -2.28. The van der Waals surface area contributed by atoms with E-state index in [1.807, 2.05) is 0 Å². The van der Waals surface area contributed by atoms with Crippen molar-refractivity contribution in [3.8, 4) is 0 Å². The molecule has 148 valence electrons. The summed E-state index contributed by atoms with van der Waals surface area (Å²) in [6, 6.07) is 11.5. The van der Waals surface area contributed by atoms with Crippen LogP contribution < -0.4 is 10.2 Å². The van der Waals surface area contributed by atoms with E-state index in [0.29, 0.717) is 11.4 Å². The molecule has 1 aliphatic heterocycles. The Kier molecular flexibility index (Phi) is 5.90. The minimum absolute atomic E-state index is 0.196. The number of nitrogens with zero attached hydrogens (tertiary/aromatic N) is 1. The molecule has 2 atom stereocenters. The summed E-state index contributed by atoms with van der Waals surface area (Å²) in [6.07, 6.45) is -4.44. The molecule has 1 heterocycles. The maximum Gasteiger partial charge on any atom is 0.416 e. The number of nitrogens with one attached hydrogen (secondary N) is 1. The van der Waals surface area contributed by atoms with Crippen LogP contribution >= 0.6 is 23.4 Å². The summed E-state index contributed by atoms with van der Waals surface area (Å²) in [5.74, 6) is -0.340. The van der Waals surface area contributed by atoms with Crippen LogP contribution in [0.2, 0.25) is 0 Å². The highest BCUT2D eigenvalue weighted by Crippen LogP contribution is 2.43. The van der Waals surface area contributed by atoms with Gasteiger partial charge in [-0.1, -0.05) is 12.1 Å². The largest absolute Gasteiger partial charge is 0.416 e. The molecule has 0 aliphatic carbocycles. The van der Waals surface area contributed by atoms with Gasteiger partial charge in [-0.2, -0.15) is 13.2 Å². The third kappa shape index (κ3) is 4.44. The van der Waals surface area contributed by atoms with Gasteiger partial charge >= 0.3 is 6.18 Å². The molecule has 2 aromatic rings. The smallest absolute Gasteiger partial charge is 0.325 e. The minimum atomic E-state index is -4.44. The van der Waals surface area contributed by atoms with Gasteiger partial charge < -0.3 is 5.32 Å². The molecule has 2 aromatic carbocycles. The van der Waals surface area contributed by atoms with Crippen LogP contribution in [-0.2, 0) is 15.8 Å². The Morgan fingerprint density at radius 1 is 1.25 bits per heavy atom. The van der Waals surface area contributed by atoms with E-state index in [-0.39, 0.29) is 17.6 Å². The van der Waals surface area contributed by atoms with E-state index < -0.39 is 22.5 Å². The maximum atomic E-state index is 12.8. The first-order valence-corrected chi connectivity index (χ1v) is 9.81. The van der Waals surface area contributed by atoms with Gasteiger partial charge in [0, 0.05) is 11.4 Å². The molecule has 1 N–H and O–H groups in total. The Bertz CT molecular complexity index is 887. The van der Waals surface area contributed by atoms with Gasteiger partial charge in [0.1, 0.15) is 10.8 Å². The van der Waals surface area contributed by atoms with Gasteiger partial charge in [-0.15, -0.1) is 23.4 Å². The van der Waals surface area contributed by atoms with Gasteiger partial charge in [-0.3, -0.25) is 14.5 Å². The van der Waals surface area contributed by atoms with Crippen molar-refractivity contribution in [2.24, 2.45) is 0 Å². The highest BCUT2D eigenvalue weighted by molar-refractivity contribution is 8.00. The predicted octanol–water partition coefficient (Wildman–Crippen LogP) is 5.05. The SMILES string of the molecule is C[C@H](Cl)C(=O)Nc1cccc([C@H]2SCC(=O)N2c2ccc(C(F)(F)F)cc2)c1. The van der Waals surface area contributed by atoms with E-state index in [0.717, 1.165) is 17.7 Å².